The Balaban J connectivity index is 1.34. The quantitative estimate of drug-likeness (QED) is 0.229. The highest BCUT2D eigenvalue weighted by atomic mass is 16.5. The zero-order valence-electron chi connectivity index (χ0n) is 21.7. The Labute approximate surface area is 217 Å². The molecule has 0 aliphatic heterocycles. The molecule has 0 saturated heterocycles. The number of nitrogens with one attached hydrogen (secondary N) is 2. The Morgan fingerprint density at radius 1 is 0.919 bits per heavy atom. The summed E-state index contributed by atoms with van der Waals surface area (Å²) >= 11 is 0. The van der Waals surface area contributed by atoms with Crippen molar-refractivity contribution < 1.29 is 9.47 Å². The summed E-state index contributed by atoms with van der Waals surface area (Å²) in [5, 5.41) is 3.35. The number of nitrogens with zero attached hydrogens (tertiary/aromatic N) is 2. The van der Waals surface area contributed by atoms with Crippen molar-refractivity contribution in [1.29, 1.82) is 0 Å². The lowest BCUT2D eigenvalue weighted by Crippen LogP contribution is -2.12. The number of imidazole rings is 1. The van der Waals surface area contributed by atoms with Crippen LogP contribution in [0.3, 0.4) is 0 Å². The molecular weight excluding hydrogens is 460 g/mol. The second-order valence-electron chi connectivity index (χ2n) is 10.1. The van der Waals surface area contributed by atoms with Crippen LogP contribution in [0.4, 0.5) is 11.6 Å². The number of aromatic amines is 1. The van der Waals surface area contributed by atoms with E-state index in [0.29, 0.717) is 18.4 Å². The van der Waals surface area contributed by atoms with Crippen LogP contribution in [0.5, 0.6) is 11.6 Å². The van der Waals surface area contributed by atoms with E-state index in [-0.39, 0.29) is 11.5 Å². The molecule has 2 N–H and O–H groups in total. The summed E-state index contributed by atoms with van der Waals surface area (Å²) in [5.41, 5.74) is 5.82. The van der Waals surface area contributed by atoms with Gasteiger partial charge in [0, 0.05) is 11.8 Å². The maximum absolute atomic E-state index is 6.30. The van der Waals surface area contributed by atoms with Crippen molar-refractivity contribution in [1.82, 2.24) is 15.0 Å². The molecule has 6 heteroatoms. The number of ether oxygens (including phenoxy) is 2. The number of aromatic nitrogens is 3. The van der Waals surface area contributed by atoms with Gasteiger partial charge in [-0.3, -0.25) is 0 Å². The Morgan fingerprint density at radius 2 is 1.70 bits per heavy atom. The smallest absolute Gasteiger partial charge is 0.243 e. The van der Waals surface area contributed by atoms with Gasteiger partial charge in [-0.05, 0) is 53.8 Å². The molecular formula is C31H32N4O2. The van der Waals surface area contributed by atoms with E-state index in [4.69, 9.17) is 14.5 Å². The minimum Gasteiger partial charge on any atom is -0.437 e. The minimum absolute atomic E-state index is 0.0504. The van der Waals surface area contributed by atoms with Crippen molar-refractivity contribution in [2.45, 2.75) is 45.8 Å². The maximum atomic E-state index is 6.30. The topological polar surface area (TPSA) is 72.1 Å². The molecule has 2 heterocycles. The van der Waals surface area contributed by atoms with Gasteiger partial charge in [0.25, 0.3) is 0 Å². The first-order chi connectivity index (χ1) is 17.9. The first-order valence-electron chi connectivity index (χ1n) is 12.5. The van der Waals surface area contributed by atoms with Gasteiger partial charge in [0.2, 0.25) is 11.8 Å². The molecule has 6 nitrogen and oxygen atoms in total. The molecule has 1 atom stereocenters. The van der Waals surface area contributed by atoms with E-state index in [9.17, 15) is 0 Å². The second kappa shape index (κ2) is 10.4. The molecule has 0 spiro atoms. The van der Waals surface area contributed by atoms with E-state index in [2.05, 4.69) is 73.3 Å². The Bertz CT molecular complexity index is 1490. The molecule has 188 valence electrons. The summed E-state index contributed by atoms with van der Waals surface area (Å²) in [4.78, 5) is 12.6. The van der Waals surface area contributed by atoms with Crippen LogP contribution in [0, 0.1) is 0 Å². The van der Waals surface area contributed by atoms with Crippen molar-refractivity contribution in [2.24, 2.45) is 0 Å². The molecule has 0 bridgehead atoms. The fourth-order valence-corrected chi connectivity index (χ4v) is 4.21. The van der Waals surface area contributed by atoms with Gasteiger partial charge in [-0.25, -0.2) is 9.97 Å². The predicted molar refractivity (Wildman–Crippen MR) is 148 cm³/mol. The number of benzene rings is 3. The average Bonchev–Trinajstić information content (AvgIpc) is 3.30. The zero-order chi connectivity index (χ0) is 25.8. The molecule has 3 aromatic carbocycles. The molecule has 0 aliphatic carbocycles. The Morgan fingerprint density at radius 3 is 2.51 bits per heavy atom. The number of fused-ring (bicyclic) bond motifs is 1. The van der Waals surface area contributed by atoms with Gasteiger partial charge in [-0.2, -0.15) is 0 Å². The van der Waals surface area contributed by atoms with Gasteiger partial charge in [-0.15, -0.1) is 0 Å². The average molecular weight is 493 g/mol. The lowest BCUT2D eigenvalue weighted by atomic mass is 9.86. The lowest BCUT2D eigenvalue weighted by molar-refractivity contribution is 0.0526. The summed E-state index contributed by atoms with van der Waals surface area (Å²) in [6, 6.07) is 28.2. The van der Waals surface area contributed by atoms with Crippen molar-refractivity contribution in [3.05, 3.63) is 108 Å². The molecule has 5 rings (SSSR count). The minimum atomic E-state index is -0.0582. The van der Waals surface area contributed by atoms with Crippen LogP contribution in [-0.2, 0) is 16.8 Å². The summed E-state index contributed by atoms with van der Waals surface area (Å²) in [6.45, 7) is 9.14. The van der Waals surface area contributed by atoms with Crippen LogP contribution < -0.4 is 10.1 Å². The monoisotopic (exact) mass is 492 g/mol. The normalized spacial score (nSPS) is 12.4. The third kappa shape index (κ3) is 5.81. The molecule has 5 aromatic rings. The number of pyridine rings is 1. The van der Waals surface area contributed by atoms with Crippen LogP contribution in [-0.4, -0.2) is 15.0 Å². The predicted octanol–water partition coefficient (Wildman–Crippen LogP) is 8.07. The fraction of sp³-hybridized carbons (Fsp3) is 0.226. The summed E-state index contributed by atoms with van der Waals surface area (Å²) in [7, 11) is 0. The molecule has 0 aliphatic rings. The molecule has 0 amide bonds. The van der Waals surface area contributed by atoms with Crippen LogP contribution in [0.1, 0.15) is 50.5 Å². The first kappa shape index (κ1) is 24.5. The largest absolute Gasteiger partial charge is 0.437 e. The van der Waals surface area contributed by atoms with Gasteiger partial charge in [0.15, 0.2) is 0 Å². The SMILES string of the molecule is CC(OCc1ccccc1)c1ccc2nc(Nc3cccnc3Oc3ccccc3C(C)(C)C)[nH]c2c1. The highest BCUT2D eigenvalue weighted by Gasteiger charge is 2.20. The molecule has 0 saturated carbocycles. The zero-order valence-corrected chi connectivity index (χ0v) is 21.7. The molecule has 2 aromatic heterocycles. The second-order valence-corrected chi connectivity index (χ2v) is 10.1. The number of rotatable bonds is 8. The first-order valence-corrected chi connectivity index (χ1v) is 12.5. The van der Waals surface area contributed by atoms with Gasteiger partial charge < -0.3 is 19.8 Å². The van der Waals surface area contributed by atoms with E-state index < -0.39 is 0 Å². The number of anilines is 2. The fourth-order valence-electron chi connectivity index (χ4n) is 4.21. The van der Waals surface area contributed by atoms with E-state index in [1.807, 2.05) is 54.6 Å². The van der Waals surface area contributed by atoms with E-state index >= 15 is 0 Å². The van der Waals surface area contributed by atoms with Crippen LogP contribution in [0.15, 0.2) is 91.1 Å². The van der Waals surface area contributed by atoms with E-state index in [0.717, 1.165) is 39.2 Å². The van der Waals surface area contributed by atoms with Crippen molar-refractivity contribution in [3.8, 4) is 11.6 Å². The van der Waals surface area contributed by atoms with Crippen LogP contribution >= 0.6 is 0 Å². The summed E-state index contributed by atoms with van der Waals surface area (Å²) < 4.78 is 12.4. The molecule has 0 radical (unpaired) electrons. The van der Waals surface area contributed by atoms with Crippen molar-refractivity contribution in [2.75, 3.05) is 5.32 Å². The van der Waals surface area contributed by atoms with Crippen LogP contribution in [0.25, 0.3) is 11.0 Å². The molecule has 1 unspecified atom stereocenters. The lowest BCUT2D eigenvalue weighted by Gasteiger charge is -2.22. The number of H-pyrrole nitrogens is 1. The third-order valence-corrected chi connectivity index (χ3v) is 6.24. The number of hydrogen-bond donors (Lipinski definition) is 2. The van der Waals surface area contributed by atoms with Gasteiger partial charge in [0.1, 0.15) is 11.4 Å². The maximum Gasteiger partial charge on any atom is 0.243 e. The molecule has 0 fully saturated rings. The van der Waals surface area contributed by atoms with Crippen LogP contribution in [0.2, 0.25) is 0 Å². The highest BCUT2D eigenvalue weighted by molar-refractivity contribution is 5.79. The standard InChI is InChI=1S/C31H32N4O2/c1-21(36-20-22-11-6-5-7-12-22)23-16-17-25-27(19-23)35-30(33-25)34-26-14-10-18-32-29(26)37-28-15-9-8-13-24(28)31(2,3)4/h5-19,21H,20H2,1-4H3,(H2,33,34,35). The van der Waals surface area contributed by atoms with Crippen molar-refractivity contribution >= 4 is 22.7 Å². The number of para-hydroxylation sites is 1. The Hall–Kier alpha value is -4.16. The van der Waals surface area contributed by atoms with Gasteiger partial charge >= 0.3 is 0 Å². The Kier molecular flexibility index (Phi) is 6.93. The van der Waals surface area contributed by atoms with E-state index in [1.54, 1.807) is 6.20 Å². The van der Waals surface area contributed by atoms with Gasteiger partial charge in [0.05, 0.1) is 23.7 Å². The number of hydrogen-bond acceptors (Lipinski definition) is 5. The highest BCUT2D eigenvalue weighted by Crippen LogP contribution is 2.36. The van der Waals surface area contributed by atoms with Gasteiger partial charge in [-0.1, -0.05) is 75.4 Å². The molecule has 37 heavy (non-hydrogen) atoms. The third-order valence-electron chi connectivity index (χ3n) is 6.24. The summed E-state index contributed by atoms with van der Waals surface area (Å²) in [6.07, 6.45) is 1.67. The van der Waals surface area contributed by atoms with Crippen molar-refractivity contribution in [3.63, 3.8) is 0 Å². The summed E-state index contributed by atoms with van der Waals surface area (Å²) in [5.74, 6) is 1.89. The van der Waals surface area contributed by atoms with E-state index in [1.165, 1.54) is 0 Å².